The van der Waals surface area contributed by atoms with Crippen LogP contribution in [0.2, 0.25) is 0 Å². The van der Waals surface area contributed by atoms with E-state index in [-0.39, 0.29) is 6.61 Å². The molecule has 2 heterocycles. The van der Waals surface area contributed by atoms with Crippen LogP contribution in [0.1, 0.15) is 84.3 Å². The first-order valence-corrected chi connectivity index (χ1v) is 15.5. The first kappa shape index (κ1) is 34.1. The van der Waals surface area contributed by atoms with Crippen LogP contribution in [0.15, 0.2) is 58.3 Å². The number of aliphatic hydroxyl groups excluding tert-OH is 1. The molecule has 40 heavy (non-hydrogen) atoms. The van der Waals surface area contributed by atoms with Crippen LogP contribution in [0.4, 0.5) is 4.39 Å². The predicted molar refractivity (Wildman–Crippen MR) is 152 cm³/mol. The maximum atomic E-state index is 15.2. The van der Waals surface area contributed by atoms with Crippen molar-refractivity contribution in [1.29, 1.82) is 0 Å². The molecule has 1 aromatic rings. The van der Waals surface area contributed by atoms with Crippen LogP contribution in [-0.2, 0) is 18.3 Å². The number of nitrogens with zero attached hydrogens (tertiary/aromatic N) is 1. The fourth-order valence-corrected chi connectivity index (χ4v) is 5.01. The van der Waals surface area contributed by atoms with Crippen molar-refractivity contribution in [3.63, 3.8) is 0 Å². The number of aliphatic hydroxyl groups is 1. The minimum atomic E-state index is -4.46. The van der Waals surface area contributed by atoms with Crippen molar-refractivity contribution in [1.82, 2.24) is 9.55 Å². The number of hydrogen-bond acceptors (Lipinski definition) is 7. The summed E-state index contributed by atoms with van der Waals surface area (Å²) < 4.78 is 43.5. The second-order valence-electron chi connectivity index (χ2n) is 9.94. The zero-order valence-corrected chi connectivity index (χ0v) is 24.3. The fourth-order valence-electron chi connectivity index (χ4n) is 4.25. The number of aromatic amines is 1. The van der Waals surface area contributed by atoms with Crippen LogP contribution in [0.5, 0.6) is 0 Å². The summed E-state index contributed by atoms with van der Waals surface area (Å²) in [6.45, 7) is 2.53. The van der Waals surface area contributed by atoms with E-state index in [1.54, 1.807) is 0 Å². The lowest BCUT2D eigenvalue weighted by Gasteiger charge is -2.24. The molecule has 0 aliphatic carbocycles. The van der Waals surface area contributed by atoms with Crippen LogP contribution in [0.3, 0.4) is 0 Å². The molecule has 1 fully saturated rings. The number of halogens is 1. The maximum absolute atomic E-state index is 15.2. The van der Waals surface area contributed by atoms with Gasteiger partial charge in [-0.25, -0.2) is 13.8 Å². The van der Waals surface area contributed by atoms with E-state index in [4.69, 9.17) is 13.8 Å². The van der Waals surface area contributed by atoms with E-state index in [2.05, 4.69) is 43.4 Å². The number of hydrogen-bond donors (Lipinski definition) is 3. The van der Waals surface area contributed by atoms with Crippen molar-refractivity contribution in [2.24, 2.45) is 0 Å². The van der Waals surface area contributed by atoms with Gasteiger partial charge in [-0.05, 0) is 45.4 Å². The quantitative estimate of drug-likeness (QED) is 0.114. The summed E-state index contributed by atoms with van der Waals surface area (Å²) in [5.74, 6) is 0. The van der Waals surface area contributed by atoms with Gasteiger partial charge in [0, 0.05) is 12.3 Å². The molecule has 1 aromatic heterocycles. The van der Waals surface area contributed by atoms with E-state index in [1.165, 1.54) is 0 Å². The van der Waals surface area contributed by atoms with Gasteiger partial charge in [-0.15, -0.1) is 0 Å². The minimum absolute atomic E-state index is 0.0164. The Balaban J connectivity index is 1.57. The first-order valence-electron chi connectivity index (χ1n) is 14.0. The van der Waals surface area contributed by atoms with Crippen molar-refractivity contribution in [3.8, 4) is 0 Å². The molecule has 12 heteroatoms. The fraction of sp³-hybridized carbons (Fsp3) is 0.643. The SMILES string of the molecule is CCC=CCC=CCC=CCCCCCCCCOP(=O)(O)OCC1OC(n2ccc(=O)[nH]c2=O)C(C)(F)C1O. The van der Waals surface area contributed by atoms with Gasteiger partial charge >= 0.3 is 13.5 Å². The zero-order valence-electron chi connectivity index (χ0n) is 23.5. The van der Waals surface area contributed by atoms with Crippen molar-refractivity contribution in [3.05, 3.63) is 69.6 Å². The molecule has 226 valence electrons. The summed E-state index contributed by atoms with van der Waals surface area (Å²) in [5, 5.41) is 10.3. The number of allylic oxidation sites excluding steroid dienone is 6. The molecule has 1 aliphatic heterocycles. The molecular weight excluding hydrogens is 542 g/mol. The average molecular weight is 587 g/mol. The number of nitrogens with one attached hydrogen (secondary N) is 1. The third-order valence-corrected chi connectivity index (χ3v) is 7.51. The topological polar surface area (TPSA) is 140 Å². The molecule has 0 amide bonds. The molecule has 5 unspecified atom stereocenters. The largest absolute Gasteiger partial charge is 0.472 e. The monoisotopic (exact) mass is 586 g/mol. The summed E-state index contributed by atoms with van der Waals surface area (Å²) in [5.41, 5.74) is -4.02. The van der Waals surface area contributed by atoms with Gasteiger partial charge in [-0.2, -0.15) is 0 Å². The molecule has 0 saturated carbocycles. The Bertz CT molecular complexity index is 1130. The molecule has 0 spiro atoms. The smallest absolute Gasteiger partial charge is 0.387 e. The molecule has 3 N–H and O–H groups in total. The predicted octanol–water partition coefficient (Wildman–Crippen LogP) is 5.25. The number of phosphoric acid groups is 1. The molecule has 0 bridgehead atoms. The Hall–Kier alpha value is -2.14. The van der Waals surface area contributed by atoms with Crippen molar-refractivity contribution >= 4 is 7.82 Å². The summed E-state index contributed by atoms with van der Waals surface area (Å²) >= 11 is 0. The van der Waals surface area contributed by atoms with Crippen LogP contribution in [0, 0.1) is 0 Å². The van der Waals surface area contributed by atoms with Gasteiger partial charge in [0.2, 0.25) is 0 Å². The molecule has 0 radical (unpaired) electrons. The van der Waals surface area contributed by atoms with Crippen LogP contribution in [-0.4, -0.2) is 50.6 Å². The molecule has 1 saturated heterocycles. The molecular formula is C28H44FN2O8P. The lowest BCUT2D eigenvalue weighted by molar-refractivity contribution is -0.0612. The van der Waals surface area contributed by atoms with Gasteiger partial charge in [0.25, 0.3) is 5.56 Å². The van der Waals surface area contributed by atoms with E-state index in [0.29, 0.717) is 6.42 Å². The summed E-state index contributed by atoms with van der Waals surface area (Å²) in [4.78, 5) is 35.2. The van der Waals surface area contributed by atoms with Crippen LogP contribution < -0.4 is 11.2 Å². The second kappa shape index (κ2) is 17.6. The van der Waals surface area contributed by atoms with E-state index in [9.17, 15) is 24.2 Å². The molecule has 0 aromatic carbocycles. The average Bonchev–Trinajstić information content (AvgIpc) is 3.12. The highest BCUT2D eigenvalue weighted by Gasteiger charge is 2.55. The maximum Gasteiger partial charge on any atom is 0.472 e. The highest BCUT2D eigenvalue weighted by molar-refractivity contribution is 7.47. The van der Waals surface area contributed by atoms with Crippen molar-refractivity contribution in [2.75, 3.05) is 13.2 Å². The van der Waals surface area contributed by atoms with E-state index < -0.39 is 49.8 Å². The Morgan fingerprint density at radius 3 is 2.35 bits per heavy atom. The number of unbranched alkanes of at least 4 members (excludes halogenated alkanes) is 6. The molecule has 10 nitrogen and oxygen atoms in total. The van der Waals surface area contributed by atoms with Gasteiger partial charge in [0.15, 0.2) is 11.9 Å². The van der Waals surface area contributed by atoms with Crippen LogP contribution >= 0.6 is 7.82 Å². The number of H-pyrrole nitrogens is 1. The van der Waals surface area contributed by atoms with Crippen LogP contribution in [0.25, 0.3) is 0 Å². The number of aromatic nitrogens is 2. The van der Waals surface area contributed by atoms with Gasteiger partial charge in [-0.3, -0.25) is 23.4 Å². The van der Waals surface area contributed by atoms with Crippen molar-refractivity contribution in [2.45, 2.75) is 102 Å². The third kappa shape index (κ3) is 11.8. The highest BCUT2D eigenvalue weighted by atomic mass is 31.2. The normalized spacial score (nSPS) is 25.0. The highest BCUT2D eigenvalue weighted by Crippen LogP contribution is 2.46. The first-order chi connectivity index (χ1) is 19.1. The van der Waals surface area contributed by atoms with Crippen molar-refractivity contribution < 1.29 is 32.7 Å². The summed E-state index contributed by atoms with van der Waals surface area (Å²) in [6.07, 6.45) is 19.3. The van der Waals surface area contributed by atoms with E-state index in [1.807, 2.05) is 4.98 Å². The summed E-state index contributed by atoms with van der Waals surface area (Å²) in [7, 11) is -4.46. The van der Waals surface area contributed by atoms with Gasteiger partial charge in [0.05, 0.1) is 13.2 Å². The number of phosphoric ester groups is 1. The Morgan fingerprint density at radius 2 is 1.68 bits per heavy atom. The van der Waals surface area contributed by atoms with E-state index in [0.717, 1.165) is 81.5 Å². The molecule has 5 atom stereocenters. The zero-order chi connectivity index (χ0) is 29.4. The summed E-state index contributed by atoms with van der Waals surface area (Å²) in [6, 6.07) is 1.01. The number of rotatable bonds is 19. The van der Waals surface area contributed by atoms with E-state index >= 15 is 4.39 Å². The Labute approximate surface area is 235 Å². The molecule has 2 rings (SSSR count). The lowest BCUT2D eigenvalue weighted by Crippen LogP contribution is -2.43. The third-order valence-electron chi connectivity index (χ3n) is 6.52. The lowest BCUT2D eigenvalue weighted by atomic mass is 9.98. The standard InChI is InChI=1S/C28H44FN2O8P/c1-3-4-5-6-7-8-9-10-11-12-13-14-15-16-17-18-21-37-40(35,36)38-22-23-25(33)28(2,29)26(39-23)31-20-19-24(32)30-27(31)34/h4-5,7-8,10-11,19-20,23,25-26,33H,3,6,9,12-18,21-22H2,1-2H3,(H,35,36)(H,30,32,34). The number of alkyl halides is 1. The molecule has 1 aliphatic rings. The van der Waals surface area contributed by atoms with Gasteiger partial charge in [-0.1, -0.05) is 69.1 Å². The second-order valence-corrected chi connectivity index (χ2v) is 11.4. The van der Waals surface area contributed by atoms with Gasteiger partial charge < -0.3 is 14.7 Å². The Kier molecular flexibility index (Phi) is 15.0. The minimum Gasteiger partial charge on any atom is -0.387 e. The number of ether oxygens (including phenoxy) is 1. The van der Waals surface area contributed by atoms with Gasteiger partial charge in [0.1, 0.15) is 12.2 Å². The Morgan fingerprint density at radius 1 is 1.05 bits per heavy atom.